The molecule has 0 saturated heterocycles. The first-order valence-corrected chi connectivity index (χ1v) is 7.26. The summed E-state index contributed by atoms with van der Waals surface area (Å²) in [4.78, 5) is 11.9. The molecule has 3 atom stereocenters. The van der Waals surface area contributed by atoms with E-state index in [-0.39, 0.29) is 5.91 Å². The summed E-state index contributed by atoms with van der Waals surface area (Å²) in [6.07, 6.45) is 8.74. The molecule has 2 bridgehead atoms. The van der Waals surface area contributed by atoms with Crippen LogP contribution in [0, 0.1) is 18.8 Å². The van der Waals surface area contributed by atoms with Gasteiger partial charge in [-0.25, -0.2) is 0 Å². The molecule has 0 heterocycles. The molecule has 2 aliphatic carbocycles. The molecule has 1 aromatic carbocycles. The zero-order valence-corrected chi connectivity index (χ0v) is 11.4. The summed E-state index contributed by atoms with van der Waals surface area (Å²) in [5, 5.41) is 3.17. The molecular formula is C17H21NO. The molecule has 3 rings (SSSR count). The largest absolute Gasteiger partial charge is 0.350 e. The van der Waals surface area contributed by atoms with Crippen LogP contribution in [0.2, 0.25) is 0 Å². The molecule has 2 fully saturated rings. The molecule has 2 nitrogen and oxygen atoms in total. The van der Waals surface area contributed by atoms with Gasteiger partial charge in [0.1, 0.15) is 0 Å². The van der Waals surface area contributed by atoms with Gasteiger partial charge in [0.05, 0.1) is 0 Å². The van der Waals surface area contributed by atoms with Gasteiger partial charge < -0.3 is 5.32 Å². The fourth-order valence-corrected chi connectivity index (χ4v) is 3.50. The van der Waals surface area contributed by atoms with Crippen LogP contribution < -0.4 is 5.32 Å². The van der Waals surface area contributed by atoms with Gasteiger partial charge in [-0.2, -0.15) is 0 Å². The van der Waals surface area contributed by atoms with E-state index in [0.29, 0.717) is 6.04 Å². The lowest BCUT2D eigenvalue weighted by Crippen LogP contribution is -2.37. The number of amides is 1. The van der Waals surface area contributed by atoms with E-state index in [1.54, 1.807) is 6.08 Å². The van der Waals surface area contributed by atoms with Crippen molar-refractivity contribution in [3.8, 4) is 0 Å². The normalized spacial score (nSPS) is 29.0. The Kier molecular flexibility index (Phi) is 3.41. The lowest BCUT2D eigenvalue weighted by molar-refractivity contribution is -0.117. The molecule has 1 amide bonds. The molecular weight excluding hydrogens is 234 g/mol. The van der Waals surface area contributed by atoms with Gasteiger partial charge in [-0.1, -0.05) is 36.2 Å². The summed E-state index contributed by atoms with van der Waals surface area (Å²) in [5.74, 6) is 1.66. The van der Waals surface area contributed by atoms with Crippen molar-refractivity contribution in [2.24, 2.45) is 11.8 Å². The Bertz CT molecular complexity index is 488. The molecule has 2 saturated carbocycles. The fraction of sp³-hybridized carbons (Fsp3) is 0.471. The summed E-state index contributed by atoms with van der Waals surface area (Å²) in [7, 11) is 0. The maximum atomic E-state index is 11.9. The number of aryl methyl sites for hydroxylation is 1. The highest BCUT2D eigenvalue weighted by Gasteiger charge is 2.39. The van der Waals surface area contributed by atoms with Crippen molar-refractivity contribution in [2.45, 2.75) is 38.6 Å². The molecule has 0 radical (unpaired) electrons. The van der Waals surface area contributed by atoms with Crippen LogP contribution in [0.1, 0.15) is 36.8 Å². The van der Waals surface area contributed by atoms with E-state index in [1.165, 1.54) is 31.2 Å². The van der Waals surface area contributed by atoms with Crippen LogP contribution in [-0.2, 0) is 4.79 Å². The van der Waals surface area contributed by atoms with E-state index in [0.717, 1.165) is 17.4 Å². The predicted octanol–water partition coefficient (Wildman–Crippen LogP) is 3.31. The first-order valence-electron chi connectivity index (χ1n) is 7.26. The Hall–Kier alpha value is -1.57. The number of fused-ring (bicyclic) bond motifs is 2. The molecule has 1 N–H and O–H groups in total. The first kappa shape index (κ1) is 12.5. The average molecular weight is 255 g/mol. The second-order valence-corrected chi connectivity index (χ2v) is 6.03. The highest BCUT2D eigenvalue weighted by molar-refractivity contribution is 5.91. The van der Waals surface area contributed by atoms with Gasteiger partial charge in [-0.3, -0.25) is 4.79 Å². The molecule has 0 spiro atoms. The molecule has 2 heteroatoms. The summed E-state index contributed by atoms with van der Waals surface area (Å²) in [5.41, 5.74) is 2.32. The van der Waals surface area contributed by atoms with Gasteiger partial charge in [-0.15, -0.1) is 0 Å². The number of carbonyl (C=O) groups excluding carboxylic acids is 1. The van der Waals surface area contributed by atoms with Crippen LogP contribution in [0.4, 0.5) is 0 Å². The Balaban J connectivity index is 1.55. The van der Waals surface area contributed by atoms with Crippen molar-refractivity contribution in [1.82, 2.24) is 5.32 Å². The molecule has 0 aliphatic heterocycles. The van der Waals surface area contributed by atoms with E-state index >= 15 is 0 Å². The van der Waals surface area contributed by atoms with Gasteiger partial charge >= 0.3 is 0 Å². The summed E-state index contributed by atoms with van der Waals surface area (Å²) >= 11 is 0. The van der Waals surface area contributed by atoms with Crippen molar-refractivity contribution in [1.29, 1.82) is 0 Å². The van der Waals surface area contributed by atoms with Gasteiger partial charge in [-0.05, 0) is 49.7 Å². The van der Waals surface area contributed by atoms with Crippen LogP contribution in [0.15, 0.2) is 30.3 Å². The minimum absolute atomic E-state index is 0.0538. The quantitative estimate of drug-likeness (QED) is 0.825. The summed E-state index contributed by atoms with van der Waals surface area (Å²) in [6, 6.07) is 8.63. The standard InChI is InChI=1S/C17H21NO/c1-12-2-4-13(5-3-12)7-9-17(19)18-16-11-14-6-8-15(16)10-14/h2-5,7,9,14-16H,6,8,10-11H2,1H3,(H,18,19)/b9-7+/t14-,15-,16+/m1/s1. The highest BCUT2D eigenvalue weighted by Crippen LogP contribution is 2.44. The van der Waals surface area contributed by atoms with Gasteiger partial charge in [0, 0.05) is 12.1 Å². The maximum Gasteiger partial charge on any atom is 0.244 e. The minimum atomic E-state index is 0.0538. The highest BCUT2D eigenvalue weighted by atomic mass is 16.1. The molecule has 2 aliphatic rings. The molecule has 0 unspecified atom stereocenters. The Morgan fingerprint density at radius 2 is 2.00 bits per heavy atom. The lowest BCUT2D eigenvalue weighted by atomic mass is 9.95. The Labute approximate surface area is 114 Å². The number of benzene rings is 1. The molecule has 100 valence electrons. The van der Waals surface area contributed by atoms with Gasteiger partial charge in [0.25, 0.3) is 0 Å². The van der Waals surface area contributed by atoms with E-state index in [9.17, 15) is 4.79 Å². The average Bonchev–Trinajstić information content (AvgIpc) is 3.00. The van der Waals surface area contributed by atoms with Crippen LogP contribution in [0.5, 0.6) is 0 Å². The van der Waals surface area contributed by atoms with Crippen LogP contribution >= 0.6 is 0 Å². The third-order valence-corrected chi connectivity index (χ3v) is 4.57. The van der Waals surface area contributed by atoms with Crippen LogP contribution in [-0.4, -0.2) is 11.9 Å². The topological polar surface area (TPSA) is 29.1 Å². The fourth-order valence-electron chi connectivity index (χ4n) is 3.50. The van der Waals surface area contributed by atoms with Crippen molar-refractivity contribution < 1.29 is 4.79 Å². The summed E-state index contributed by atoms with van der Waals surface area (Å²) < 4.78 is 0. The Morgan fingerprint density at radius 3 is 2.63 bits per heavy atom. The van der Waals surface area contributed by atoms with E-state index < -0.39 is 0 Å². The molecule has 19 heavy (non-hydrogen) atoms. The molecule has 0 aromatic heterocycles. The van der Waals surface area contributed by atoms with Crippen molar-refractivity contribution in [3.63, 3.8) is 0 Å². The summed E-state index contributed by atoms with van der Waals surface area (Å²) in [6.45, 7) is 2.06. The number of nitrogens with one attached hydrogen (secondary N) is 1. The smallest absolute Gasteiger partial charge is 0.244 e. The van der Waals surface area contributed by atoms with Gasteiger partial charge in [0.15, 0.2) is 0 Å². The SMILES string of the molecule is Cc1ccc(/C=C/C(=O)N[C@H]2C[C@@H]3CC[C@@H]2C3)cc1. The minimum Gasteiger partial charge on any atom is -0.350 e. The number of hydrogen-bond acceptors (Lipinski definition) is 1. The second kappa shape index (κ2) is 5.20. The van der Waals surface area contributed by atoms with E-state index in [2.05, 4.69) is 24.4 Å². The third kappa shape index (κ3) is 2.89. The maximum absolute atomic E-state index is 11.9. The van der Waals surface area contributed by atoms with Crippen LogP contribution in [0.25, 0.3) is 6.08 Å². The number of carbonyl (C=O) groups is 1. The van der Waals surface area contributed by atoms with Crippen molar-refractivity contribution in [3.05, 3.63) is 41.5 Å². The number of rotatable bonds is 3. The third-order valence-electron chi connectivity index (χ3n) is 4.57. The first-order chi connectivity index (χ1) is 9.20. The van der Waals surface area contributed by atoms with E-state index in [4.69, 9.17) is 0 Å². The van der Waals surface area contributed by atoms with Crippen molar-refractivity contribution in [2.75, 3.05) is 0 Å². The van der Waals surface area contributed by atoms with E-state index in [1.807, 2.05) is 18.2 Å². The Morgan fingerprint density at radius 1 is 1.21 bits per heavy atom. The predicted molar refractivity (Wildman–Crippen MR) is 77.6 cm³/mol. The monoisotopic (exact) mass is 255 g/mol. The zero-order valence-electron chi connectivity index (χ0n) is 11.4. The van der Waals surface area contributed by atoms with Crippen LogP contribution in [0.3, 0.4) is 0 Å². The molecule has 1 aromatic rings. The number of hydrogen-bond donors (Lipinski definition) is 1. The zero-order chi connectivity index (χ0) is 13.2. The van der Waals surface area contributed by atoms with Crippen molar-refractivity contribution >= 4 is 12.0 Å². The van der Waals surface area contributed by atoms with Gasteiger partial charge in [0.2, 0.25) is 5.91 Å². The second-order valence-electron chi connectivity index (χ2n) is 6.03. The lowest BCUT2D eigenvalue weighted by Gasteiger charge is -2.22.